The molecule has 0 spiro atoms. The number of isocyanates is 1. The molecule has 0 aliphatic rings. The van der Waals surface area contributed by atoms with Gasteiger partial charge in [0.2, 0.25) is 6.08 Å². The van der Waals surface area contributed by atoms with E-state index >= 15 is 0 Å². The smallest absolute Gasteiger partial charge is 0.211 e. The molecule has 0 aromatic heterocycles. The van der Waals surface area contributed by atoms with Crippen molar-refractivity contribution >= 4 is 6.08 Å². The number of alkyl halides is 4. The second-order valence-electron chi connectivity index (χ2n) is 1.87. The Labute approximate surface area is 59.9 Å². The first-order valence-electron chi connectivity index (χ1n) is 2.66. The average Bonchev–Trinajstić information content (AvgIpc) is 1.88. The number of hydrogen-bond donors (Lipinski definition) is 0. The van der Waals surface area contributed by atoms with Crippen LogP contribution in [0.15, 0.2) is 4.99 Å². The van der Waals surface area contributed by atoms with Crippen LogP contribution in [0.3, 0.4) is 0 Å². The van der Waals surface area contributed by atoms with E-state index in [9.17, 15) is 22.4 Å². The maximum absolute atomic E-state index is 12.1. The molecule has 11 heavy (non-hydrogen) atoms. The summed E-state index contributed by atoms with van der Waals surface area (Å²) < 4.78 is 47.1. The van der Waals surface area contributed by atoms with E-state index in [1.54, 1.807) is 0 Å². The average molecular weight is 171 g/mol. The zero-order valence-electron chi connectivity index (χ0n) is 5.52. The SMILES string of the molecule is CC(N=C=O)C(F)(F)C(F)F. The van der Waals surface area contributed by atoms with Gasteiger partial charge in [0.15, 0.2) is 0 Å². The fourth-order valence-electron chi connectivity index (χ4n) is 0.347. The lowest BCUT2D eigenvalue weighted by Gasteiger charge is -2.17. The molecule has 0 saturated carbocycles. The molecule has 1 atom stereocenters. The van der Waals surface area contributed by atoms with Gasteiger partial charge in [0, 0.05) is 0 Å². The lowest BCUT2D eigenvalue weighted by Crippen LogP contribution is -2.37. The second-order valence-corrected chi connectivity index (χ2v) is 1.87. The largest absolute Gasteiger partial charge is 0.329 e. The predicted octanol–water partition coefficient (Wildman–Crippen LogP) is 1.61. The Balaban J connectivity index is 4.40. The van der Waals surface area contributed by atoms with E-state index < -0.39 is 18.4 Å². The van der Waals surface area contributed by atoms with E-state index in [1.165, 1.54) is 0 Å². The van der Waals surface area contributed by atoms with E-state index in [1.807, 2.05) is 0 Å². The fourth-order valence-corrected chi connectivity index (χ4v) is 0.347. The molecular formula is C5H5F4NO. The van der Waals surface area contributed by atoms with E-state index in [4.69, 9.17) is 0 Å². The van der Waals surface area contributed by atoms with E-state index in [-0.39, 0.29) is 0 Å². The van der Waals surface area contributed by atoms with Crippen LogP contribution in [0, 0.1) is 0 Å². The summed E-state index contributed by atoms with van der Waals surface area (Å²) >= 11 is 0. The molecule has 0 aliphatic heterocycles. The number of halogens is 4. The van der Waals surface area contributed by atoms with Crippen LogP contribution in [0.2, 0.25) is 0 Å². The molecule has 0 N–H and O–H groups in total. The zero-order chi connectivity index (χ0) is 9.07. The van der Waals surface area contributed by atoms with Crippen LogP contribution >= 0.6 is 0 Å². The fraction of sp³-hybridized carbons (Fsp3) is 0.800. The van der Waals surface area contributed by atoms with E-state index in [0.29, 0.717) is 0 Å². The van der Waals surface area contributed by atoms with E-state index in [2.05, 4.69) is 4.99 Å². The Kier molecular flexibility index (Phi) is 3.19. The third-order valence-corrected chi connectivity index (χ3v) is 1.09. The first-order valence-corrected chi connectivity index (χ1v) is 2.66. The van der Waals surface area contributed by atoms with Gasteiger partial charge in [-0.15, -0.1) is 0 Å². The third-order valence-electron chi connectivity index (χ3n) is 1.09. The summed E-state index contributed by atoms with van der Waals surface area (Å²) in [5.41, 5.74) is 0. The molecule has 0 fully saturated rings. The lowest BCUT2D eigenvalue weighted by atomic mass is 10.2. The van der Waals surface area contributed by atoms with Gasteiger partial charge in [-0.1, -0.05) is 0 Å². The molecule has 2 nitrogen and oxygen atoms in total. The number of nitrogens with zero attached hydrogens (tertiary/aromatic N) is 1. The van der Waals surface area contributed by atoms with Crippen LogP contribution in [0.5, 0.6) is 0 Å². The number of hydrogen-bond acceptors (Lipinski definition) is 2. The highest BCUT2D eigenvalue weighted by Gasteiger charge is 2.46. The van der Waals surface area contributed by atoms with Crippen LogP contribution in [-0.2, 0) is 4.79 Å². The molecule has 64 valence electrons. The quantitative estimate of drug-likeness (QED) is 0.360. The van der Waals surface area contributed by atoms with Crippen molar-refractivity contribution in [2.45, 2.75) is 25.3 Å². The van der Waals surface area contributed by atoms with Crippen LogP contribution in [-0.4, -0.2) is 24.5 Å². The number of rotatable bonds is 3. The molecule has 0 aliphatic carbocycles. The molecule has 0 bridgehead atoms. The molecule has 0 aromatic carbocycles. The van der Waals surface area contributed by atoms with Crippen molar-refractivity contribution in [1.29, 1.82) is 0 Å². The van der Waals surface area contributed by atoms with Gasteiger partial charge in [-0.2, -0.15) is 13.8 Å². The highest BCUT2D eigenvalue weighted by atomic mass is 19.3. The van der Waals surface area contributed by atoms with Gasteiger partial charge in [0.1, 0.15) is 6.04 Å². The number of aliphatic imine (C=N–C) groups is 1. The van der Waals surface area contributed by atoms with Gasteiger partial charge < -0.3 is 0 Å². The minimum absolute atomic E-state index is 0.719. The standard InChI is InChI=1S/C5H5F4NO/c1-3(10-2-11)5(8,9)4(6)7/h3-4H,1H3. The van der Waals surface area contributed by atoms with Crippen molar-refractivity contribution in [1.82, 2.24) is 0 Å². The number of carbonyl (C=O) groups excluding carboxylic acids is 1. The third kappa shape index (κ3) is 2.31. The van der Waals surface area contributed by atoms with Gasteiger partial charge in [-0.05, 0) is 6.92 Å². The molecule has 1 unspecified atom stereocenters. The normalized spacial score (nSPS) is 14.4. The van der Waals surface area contributed by atoms with Gasteiger partial charge >= 0.3 is 12.3 Å². The second kappa shape index (κ2) is 3.48. The summed E-state index contributed by atoms with van der Waals surface area (Å²) in [5, 5.41) is 0. The van der Waals surface area contributed by atoms with Gasteiger partial charge in [-0.3, -0.25) is 0 Å². The summed E-state index contributed by atoms with van der Waals surface area (Å²) in [4.78, 5) is 11.9. The highest BCUT2D eigenvalue weighted by Crippen LogP contribution is 2.28. The topological polar surface area (TPSA) is 29.4 Å². The van der Waals surface area contributed by atoms with Crippen molar-refractivity contribution < 1.29 is 22.4 Å². The van der Waals surface area contributed by atoms with Crippen LogP contribution in [0.1, 0.15) is 6.92 Å². The van der Waals surface area contributed by atoms with Crippen LogP contribution in [0.4, 0.5) is 17.6 Å². The Bertz CT molecular complexity index is 175. The summed E-state index contributed by atoms with van der Waals surface area (Å²) in [6.07, 6.45) is -3.02. The molecule has 0 heterocycles. The maximum atomic E-state index is 12.1. The van der Waals surface area contributed by atoms with Crippen molar-refractivity contribution in [2.24, 2.45) is 4.99 Å². The summed E-state index contributed by atoms with van der Waals surface area (Å²) in [6, 6.07) is -2.03. The van der Waals surface area contributed by atoms with E-state index in [0.717, 1.165) is 13.0 Å². The minimum Gasteiger partial charge on any atom is -0.211 e. The first-order chi connectivity index (χ1) is 4.92. The Morgan fingerprint density at radius 1 is 1.45 bits per heavy atom. The monoisotopic (exact) mass is 171 g/mol. The molecule has 6 heteroatoms. The minimum atomic E-state index is -4.25. The van der Waals surface area contributed by atoms with Crippen molar-refractivity contribution in [3.8, 4) is 0 Å². The molecular weight excluding hydrogens is 166 g/mol. The highest BCUT2D eigenvalue weighted by molar-refractivity contribution is 5.33. The van der Waals surface area contributed by atoms with Crippen LogP contribution in [0.25, 0.3) is 0 Å². The Morgan fingerprint density at radius 2 is 1.91 bits per heavy atom. The zero-order valence-corrected chi connectivity index (χ0v) is 5.52. The first kappa shape index (κ1) is 10.1. The maximum Gasteiger partial charge on any atom is 0.329 e. The summed E-state index contributed by atoms with van der Waals surface area (Å²) in [6.45, 7) is 0.719. The summed E-state index contributed by atoms with van der Waals surface area (Å²) in [7, 11) is 0. The molecule has 0 rings (SSSR count). The van der Waals surface area contributed by atoms with Gasteiger partial charge in [0.05, 0.1) is 0 Å². The molecule has 0 amide bonds. The van der Waals surface area contributed by atoms with Crippen molar-refractivity contribution in [3.63, 3.8) is 0 Å². The molecule has 0 saturated heterocycles. The van der Waals surface area contributed by atoms with Gasteiger partial charge in [-0.25, -0.2) is 13.6 Å². The molecule has 0 radical (unpaired) electrons. The van der Waals surface area contributed by atoms with Crippen molar-refractivity contribution in [2.75, 3.05) is 0 Å². The van der Waals surface area contributed by atoms with Crippen LogP contribution < -0.4 is 0 Å². The Morgan fingerprint density at radius 3 is 2.18 bits per heavy atom. The van der Waals surface area contributed by atoms with Crippen molar-refractivity contribution in [3.05, 3.63) is 0 Å². The molecule has 0 aromatic rings. The van der Waals surface area contributed by atoms with Gasteiger partial charge in [0.25, 0.3) is 0 Å². The predicted molar refractivity (Wildman–Crippen MR) is 28.5 cm³/mol. The summed E-state index contributed by atoms with van der Waals surface area (Å²) in [5.74, 6) is -4.25. The lowest BCUT2D eigenvalue weighted by molar-refractivity contribution is -0.139. The Hall–Kier alpha value is -0.900.